The first-order valence-corrected chi connectivity index (χ1v) is 8.40. The van der Waals surface area contributed by atoms with Gasteiger partial charge in [-0.3, -0.25) is 0 Å². The number of aromatic nitrogens is 2. The highest BCUT2D eigenvalue weighted by molar-refractivity contribution is 7.18. The Kier molecular flexibility index (Phi) is 3.87. The summed E-state index contributed by atoms with van der Waals surface area (Å²) in [6.45, 7) is 4.45. The minimum Gasteiger partial charge on any atom is -0.356 e. The Morgan fingerprint density at radius 3 is 2.90 bits per heavy atom. The summed E-state index contributed by atoms with van der Waals surface area (Å²) in [7, 11) is 2.15. The number of nitrogens with zero attached hydrogens (tertiary/aromatic N) is 3. The Balaban J connectivity index is 1.99. The van der Waals surface area contributed by atoms with Crippen molar-refractivity contribution in [3.05, 3.63) is 16.2 Å². The smallest absolute Gasteiger partial charge is 0.225 e. The molecule has 3 rings (SSSR count). The normalized spacial score (nSPS) is 23.2. The van der Waals surface area contributed by atoms with Crippen LogP contribution in [0.4, 0.5) is 5.82 Å². The van der Waals surface area contributed by atoms with Crippen LogP contribution in [-0.2, 0) is 0 Å². The second kappa shape index (κ2) is 5.49. The van der Waals surface area contributed by atoms with Crippen LogP contribution in [0.1, 0.15) is 37.5 Å². The van der Waals surface area contributed by atoms with Crippen molar-refractivity contribution in [2.45, 2.75) is 45.6 Å². The molecule has 0 aliphatic heterocycles. The lowest BCUT2D eigenvalue weighted by Gasteiger charge is -2.35. The summed E-state index contributed by atoms with van der Waals surface area (Å²) in [5, 5.41) is 1.49. The molecule has 20 heavy (non-hydrogen) atoms. The standard InChI is InChI=1S/C15H20ClN3S/c1-9-5-4-6-11(7-9)19(3)13-12-8-10(2)20-14(12)18-15(16)17-13/h8-9,11H,4-7H2,1-3H3. The van der Waals surface area contributed by atoms with Gasteiger partial charge in [0.25, 0.3) is 0 Å². The van der Waals surface area contributed by atoms with Crippen molar-refractivity contribution < 1.29 is 0 Å². The quantitative estimate of drug-likeness (QED) is 0.755. The number of thiophene rings is 1. The number of hydrogen-bond donors (Lipinski definition) is 0. The van der Waals surface area contributed by atoms with E-state index in [4.69, 9.17) is 11.6 Å². The van der Waals surface area contributed by atoms with E-state index in [1.54, 1.807) is 11.3 Å². The van der Waals surface area contributed by atoms with Gasteiger partial charge in [-0.2, -0.15) is 4.98 Å². The zero-order valence-electron chi connectivity index (χ0n) is 12.2. The van der Waals surface area contributed by atoms with Gasteiger partial charge in [-0.05, 0) is 43.4 Å². The van der Waals surface area contributed by atoms with E-state index in [2.05, 4.69) is 41.8 Å². The van der Waals surface area contributed by atoms with Crippen molar-refractivity contribution in [2.24, 2.45) is 5.92 Å². The lowest BCUT2D eigenvalue weighted by molar-refractivity contribution is 0.336. The molecule has 3 nitrogen and oxygen atoms in total. The zero-order chi connectivity index (χ0) is 14.3. The lowest BCUT2D eigenvalue weighted by atomic mass is 9.86. The summed E-state index contributed by atoms with van der Waals surface area (Å²) in [6, 6.07) is 2.74. The first-order valence-electron chi connectivity index (χ1n) is 7.21. The van der Waals surface area contributed by atoms with E-state index in [0.29, 0.717) is 11.3 Å². The molecule has 2 unspecified atom stereocenters. The molecule has 1 aliphatic carbocycles. The van der Waals surface area contributed by atoms with Gasteiger partial charge in [-0.15, -0.1) is 11.3 Å². The van der Waals surface area contributed by atoms with Crippen molar-refractivity contribution in [3.8, 4) is 0 Å². The molecule has 2 aromatic rings. The summed E-state index contributed by atoms with van der Waals surface area (Å²) in [4.78, 5) is 13.4. The molecule has 0 amide bonds. The van der Waals surface area contributed by atoms with Gasteiger partial charge in [0.15, 0.2) is 0 Å². The number of aryl methyl sites for hydroxylation is 1. The molecular weight excluding hydrogens is 290 g/mol. The summed E-state index contributed by atoms with van der Waals surface area (Å²) in [5.41, 5.74) is 0. The number of fused-ring (bicyclic) bond motifs is 1. The number of rotatable bonds is 2. The highest BCUT2D eigenvalue weighted by Gasteiger charge is 2.25. The fraction of sp³-hybridized carbons (Fsp3) is 0.600. The highest BCUT2D eigenvalue weighted by Crippen LogP contribution is 2.35. The van der Waals surface area contributed by atoms with Crippen LogP contribution in [0.25, 0.3) is 10.2 Å². The van der Waals surface area contributed by atoms with Crippen molar-refractivity contribution in [1.29, 1.82) is 0 Å². The SMILES string of the molecule is Cc1cc2c(N(C)C3CCCC(C)C3)nc(Cl)nc2s1. The molecule has 0 spiro atoms. The minimum absolute atomic E-state index is 0.352. The van der Waals surface area contributed by atoms with E-state index in [1.165, 1.54) is 30.6 Å². The van der Waals surface area contributed by atoms with E-state index >= 15 is 0 Å². The number of halogens is 1. The number of anilines is 1. The maximum Gasteiger partial charge on any atom is 0.225 e. The molecule has 0 radical (unpaired) electrons. The Hall–Kier alpha value is -0.870. The third kappa shape index (κ3) is 2.63. The average Bonchev–Trinajstić information content (AvgIpc) is 2.77. The van der Waals surface area contributed by atoms with E-state index in [-0.39, 0.29) is 0 Å². The molecule has 0 N–H and O–H groups in total. The highest BCUT2D eigenvalue weighted by atomic mass is 35.5. The van der Waals surface area contributed by atoms with Crippen molar-refractivity contribution in [3.63, 3.8) is 0 Å². The molecular formula is C15H20ClN3S. The third-order valence-electron chi connectivity index (χ3n) is 4.26. The van der Waals surface area contributed by atoms with Crippen LogP contribution >= 0.6 is 22.9 Å². The van der Waals surface area contributed by atoms with Gasteiger partial charge < -0.3 is 4.90 Å². The Labute approximate surface area is 129 Å². The largest absolute Gasteiger partial charge is 0.356 e. The van der Waals surface area contributed by atoms with E-state index in [0.717, 1.165) is 22.0 Å². The lowest BCUT2D eigenvalue weighted by Crippen LogP contribution is -2.36. The number of hydrogen-bond acceptors (Lipinski definition) is 4. The van der Waals surface area contributed by atoms with Gasteiger partial charge in [-0.1, -0.05) is 19.8 Å². The van der Waals surface area contributed by atoms with E-state index in [1.807, 2.05) is 0 Å². The van der Waals surface area contributed by atoms with Crippen molar-refractivity contribution >= 4 is 39.0 Å². The van der Waals surface area contributed by atoms with Crippen LogP contribution in [0.2, 0.25) is 5.28 Å². The summed E-state index contributed by atoms with van der Waals surface area (Å²) in [5.74, 6) is 1.79. The molecule has 1 aliphatic rings. The van der Waals surface area contributed by atoms with Crippen LogP contribution in [0.5, 0.6) is 0 Å². The Morgan fingerprint density at radius 2 is 2.15 bits per heavy atom. The van der Waals surface area contributed by atoms with Crippen LogP contribution in [0.3, 0.4) is 0 Å². The monoisotopic (exact) mass is 309 g/mol. The molecule has 5 heteroatoms. The van der Waals surface area contributed by atoms with Crippen LogP contribution in [0.15, 0.2) is 6.07 Å². The molecule has 2 atom stereocenters. The molecule has 0 aromatic carbocycles. The van der Waals surface area contributed by atoms with Crippen molar-refractivity contribution in [2.75, 3.05) is 11.9 Å². The summed E-state index contributed by atoms with van der Waals surface area (Å²) < 4.78 is 0. The third-order valence-corrected chi connectivity index (χ3v) is 5.37. The van der Waals surface area contributed by atoms with Gasteiger partial charge in [0.05, 0.1) is 5.39 Å². The van der Waals surface area contributed by atoms with E-state index < -0.39 is 0 Å². The predicted octanol–water partition coefficient (Wildman–Crippen LogP) is 4.67. The van der Waals surface area contributed by atoms with Crippen LogP contribution in [0, 0.1) is 12.8 Å². The Bertz CT molecular complexity index is 625. The van der Waals surface area contributed by atoms with Gasteiger partial charge in [0, 0.05) is 18.0 Å². The summed E-state index contributed by atoms with van der Waals surface area (Å²) in [6.07, 6.45) is 5.14. The Morgan fingerprint density at radius 1 is 1.35 bits per heavy atom. The maximum absolute atomic E-state index is 6.10. The van der Waals surface area contributed by atoms with Crippen LogP contribution in [-0.4, -0.2) is 23.1 Å². The minimum atomic E-state index is 0.352. The molecule has 2 heterocycles. The van der Waals surface area contributed by atoms with E-state index in [9.17, 15) is 0 Å². The zero-order valence-corrected chi connectivity index (χ0v) is 13.8. The molecule has 1 saturated carbocycles. The summed E-state index contributed by atoms with van der Waals surface area (Å²) >= 11 is 7.79. The molecule has 0 saturated heterocycles. The van der Waals surface area contributed by atoms with Gasteiger partial charge in [0.1, 0.15) is 10.6 Å². The molecule has 2 aromatic heterocycles. The predicted molar refractivity (Wildman–Crippen MR) is 87.0 cm³/mol. The fourth-order valence-electron chi connectivity index (χ4n) is 3.20. The fourth-order valence-corrected chi connectivity index (χ4v) is 4.29. The molecule has 1 fully saturated rings. The molecule has 0 bridgehead atoms. The first-order chi connectivity index (χ1) is 9.54. The second-order valence-corrected chi connectivity index (χ2v) is 7.50. The topological polar surface area (TPSA) is 29.0 Å². The molecule has 108 valence electrons. The first kappa shape index (κ1) is 14.1. The average molecular weight is 310 g/mol. The van der Waals surface area contributed by atoms with Gasteiger partial charge >= 0.3 is 0 Å². The van der Waals surface area contributed by atoms with Crippen LogP contribution < -0.4 is 4.90 Å². The van der Waals surface area contributed by atoms with Gasteiger partial charge in [0.2, 0.25) is 5.28 Å². The van der Waals surface area contributed by atoms with Crippen molar-refractivity contribution in [1.82, 2.24) is 9.97 Å². The maximum atomic E-state index is 6.10. The van der Waals surface area contributed by atoms with Gasteiger partial charge in [-0.25, -0.2) is 4.98 Å². The second-order valence-electron chi connectivity index (χ2n) is 5.93.